The third kappa shape index (κ3) is 4.71. The Bertz CT molecular complexity index is 564. The molecule has 3 heteroatoms. The molecule has 0 amide bonds. The van der Waals surface area contributed by atoms with Crippen molar-refractivity contribution in [2.45, 2.75) is 6.61 Å². The van der Waals surface area contributed by atoms with Gasteiger partial charge < -0.3 is 4.74 Å². The molecular formula is C17H18N2O. The Hall–Kier alpha value is -2.39. The molecule has 2 aromatic carbocycles. The normalized spacial score (nSPS) is 10.6. The van der Waals surface area contributed by atoms with Gasteiger partial charge in [-0.15, -0.1) is 6.58 Å². The Labute approximate surface area is 119 Å². The van der Waals surface area contributed by atoms with Crippen LogP contribution in [0.4, 0.5) is 5.69 Å². The molecule has 0 heterocycles. The van der Waals surface area contributed by atoms with Gasteiger partial charge in [-0.1, -0.05) is 42.5 Å². The van der Waals surface area contributed by atoms with Gasteiger partial charge in [-0.05, 0) is 29.3 Å². The Kier molecular flexibility index (Phi) is 5.55. The molecule has 1 N–H and O–H groups in total. The van der Waals surface area contributed by atoms with Crippen LogP contribution < -0.4 is 5.43 Å². The lowest BCUT2D eigenvalue weighted by atomic mass is 10.1. The van der Waals surface area contributed by atoms with E-state index < -0.39 is 0 Å². The fourth-order valence-electron chi connectivity index (χ4n) is 1.72. The van der Waals surface area contributed by atoms with Crippen molar-refractivity contribution in [3.05, 3.63) is 78.4 Å². The first kappa shape index (κ1) is 14.0. The van der Waals surface area contributed by atoms with Crippen LogP contribution in [0.25, 0.3) is 0 Å². The van der Waals surface area contributed by atoms with E-state index in [9.17, 15) is 0 Å². The van der Waals surface area contributed by atoms with Crippen LogP contribution in [-0.4, -0.2) is 12.8 Å². The van der Waals surface area contributed by atoms with Crippen LogP contribution >= 0.6 is 0 Å². The fourth-order valence-corrected chi connectivity index (χ4v) is 1.72. The second-order valence-electron chi connectivity index (χ2n) is 4.28. The predicted molar refractivity (Wildman–Crippen MR) is 84.0 cm³/mol. The summed E-state index contributed by atoms with van der Waals surface area (Å²) in [6.07, 6.45) is 3.54. The number of para-hydroxylation sites is 1. The molecule has 0 aliphatic rings. The minimum absolute atomic E-state index is 0.563. The highest BCUT2D eigenvalue weighted by atomic mass is 16.5. The summed E-state index contributed by atoms with van der Waals surface area (Å²) in [5.74, 6) is 0. The number of nitrogens with one attached hydrogen (secondary N) is 1. The van der Waals surface area contributed by atoms with Crippen LogP contribution in [0.1, 0.15) is 11.1 Å². The Morgan fingerprint density at radius 2 is 1.95 bits per heavy atom. The quantitative estimate of drug-likeness (QED) is 0.357. The average Bonchev–Trinajstić information content (AvgIpc) is 2.49. The standard InChI is InChI=1S/C17H18N2O/c1-2-11-20-14-16-8-6-7-15(12-16)13-18-19-17-9-4-3-5-10-17/h2-10,12-13,19H,1,11,14H2. The van der Waals surface area contributed by atoms with E-state index in [1.165, 1.54) is 0 Å². The van der Waals surface area contributed by atoms with Gasteiger partial charge >= 0.3 is 0 Å². The molecule has 0 atom stereocenters. The molecule has 0 saturated heterocycles. The fraction of sp³-hybridized carbons (Fsp3) is 0.118. The Balaban J connectivity index is 1.92. The molecule has 0 unspecified atom stereocenters. The third-order valence-corrected chi connectivity index (χ3v) is 2.64. The number of rotatable bonds is 7. The van der Waals surface area contributed by atoms with E-state index in [1.807, 2.05) is 48.5 Å². The highest BCUT2D eigenvalue weighted by molar-refractivity contribution is 5.80. The average molecular weight is 266 g/mol. The molecule has 0 aliphatic heterocycles. The van der Waals surface area contributed by atoms with Crippen LogP contribution in [0, 0.1) is 0 Å². The van der Waals surface area contributed by atoms with E-state index in [0.29, 0.717) is 13.2 Å². The highest BCUT2D eigenvalue weighted by Gasteiger charge is 1.94. The summed E-state index contributed by atoms with van der Waals surface area (Å²) in [5.41, 5.74) is 6.11. The van der Waals surface area contributed by atoms with Gasteiger partial charge in [-0.25, -0.2) is 0 Å². The summed E-state index contributed by atoms with van der Waals surface area (Å²) < 4.78 is 5.42. The van der Waals surface area contributed by atoms with E-state index in [1.54, 1.807) is 12.3 Å². The lowest BCUT2D eigenvalue weighted by Gasteiger charge is -2.03. The summed E-state index contributed by atoms with van der Waals surface area (Å²) in [6.45, 7) is 4.77. The van der Waals surface area contributed by atoms with E-state index in [-0.39, 0.29) is 0 Å². The van der Waals surface area contributed by atoms with Crippen molar-refractivity contribution in [2.75, 3.05) is 12.0 Å². The molecular weight excluding hydrogens is 248 g/mol. The monoisotopic (exact) mass is 266 g/mol. The first-order valence-corrected chi connectivity index (χ1v) is 6.50. The third-order valence-electron chi connectivity index (χ3n) is 2.64. The summed E-state index contributed by atoms with van der Waals surface area (Å²) in [7, 11) is 0. The topological polar surface area (TPSA) is 33.6 Å². The smallest absolute Gasteiger partial charge is 0.0721 e. The van der Waals surface area contributed by atoms with Crippen molar-refractivity contribution in [3.8, 4) is 0 Å². The van der Waals surface area contributed by atoms with E-state index >= 15 is 0 Å². The van der Waals surface area contributed by atoms with E-state index in [2.05, 4.69) is 23.2 Å². The van der Waals surface area contributed by atoms with Crippen LogP contribution in [-0.2, 0) is 11.3 Å². The Morgan fingerprint density at radius 1 is 1.10 bits per heavy atom. The molecule has 20 heavy (non-hydrogen) atoms. The first-order chi connectivity index (χ1) is 9.88. The number of nitrogens with zero attached hydrogens (tertiary/aromatic N) is 1. The molecule has 0 aromatic heterocycles. The lowest BCUT2D eigenvalue weighted by molar-refractivity contribution is 0.149. The second kappa shape index (κ2) is 7.92. The molecule has 0 bridgehead atoms. The van der Waals surface area contributed by atoms with Gasteiger partial charge in [0.05, 0.1) is 25.1 Å². The lowest BCUT2D eigenvalue weighted by Crippen LogP contribution is -1.94. The highest BCUT2D eigenvalue weighted by Crippen LogP contribution is 2.07. The van der Waals surface area contributed by atoms with Crippen LogP contribution in [0.3, 0.4) is 0 Å². The second-order valence-corrected chi connectivity index (χ2v) is 4.28. The number of benzene rings is 2. The largest absolute Gasteiger partial charge is 0.373 e. The zero-order valence-electron chi connectivity index (χ0n) is 11.3. The van der Waals surface area contributed by atoms with Gasteiger partial charge in [0.15, 0.2) is 0 Å². The summed E-state index contributed by atoms with van der Waals surface area (Å²) in [6, 6.07) is 17.9. The van der Waals surface area contributed by atoms with Crippen molar-refractivity contribution in [1.29, 1.82) is 0 Å². The maximum Gasteiger partial charge on any atom is 0.0721 e. The van der Waals surface area contributed by atoms with Crippen LogP contribution in [0.2, 0.25) is 0 Å². The van der Waals surface area contributed by atoms with E-state index in [0.717, 1.165) is 16.8 Å². The van der Waals surface area contributed by atoms with Crippen molar-refractivity contribution < 1.29 is 4.74 Å². The minimum atomic E-state index is 0.563. The van der Waals surface area contributed by atoms with Crippen LogP contribution in [0.5, 0.6) is 0 Å². The number of hydrazone groups is 1. The van der Waals surface area contributed by atoms with Crippen molar-refractivity contribution in [2.24, 2.45) is 5.10 Å². The zero-order valence-corrected chi connectivity index (χ0v) is 11.3. The molecule has 2 rings (SSSR count). The molecule has 0 radical (unpaired) electrons. The molecule has 0 saturated carbocycles. The van der Waals surface area contributed by atoms with Crippen molar-refractivity contribution >= 4 is 11.9 Å². The molecule has 0 fully saturated rings. The molecule has 0 spiro atoms. The van der Waals surface area contributed by atoms with E-state index in [4.69, 9.17) is 4.74 Å². The maximum atomic E-state index is 5.42. The van der Waals surface area contributed by atoms with Gasteiger partial charge in [-0.3, -0.25) is 5.43 Å². The number of hydrogen-bond acceptors (Lipinski definition) is 3. The van der Waals surface area contributed by atoms with Gasteiger partial charge in [0, 0.05) is 0 Å². The number of hydrogen-bond donors (Lipinski definition) is 1. The van der Waals surface area contributed by atoms with Crippen molar-refractivity contribution in [1.82, 2.24) is 0 Å². The molecule has 2 aromatic rings. The predicted octanol–water partition coefficient (Wildman–Crippen LogP) is 3.84. The maximum absolute atomic E-state index is 5.42. The molecule has 0 aliphatic carbocycles. The SMILES string of the molecule is C=CCOCc1cccc(C=NNc2ccccc2)c1. The summed E-state index contributed by atoms with van der Waals surface area (Å²) in [4.78, 5) is 0. The van der Waals surface area contributed by atoms with Crippen molar-refractivity contribution in [3.63, 3.8) is 0 Å². The van der Waals surface area contributed by atoms with Gasteiger partial charge in [0.25, 0.3) is 0 Å². The van der Waals surface area contributed by atoms with Crippen LogP contribution in [0.15, 0.2) is 72.4 Å². The molecule has 102 valence electrons. The number of anilines is 1. The number of ether oxygens (including phenoxy) is 1. The minimum Gasteiger partial charge on any atom is -0.373 e. The summed E-state index contributed by atoms with van der Waals surface area (Å²) >= 11 is 0. The zero-order chi connectivity index (χ0) is 14.0. The Morgan fingerprint density at radius 3 is 2.75 bits per heavy atom. The first-order valence-electron chi connectivity index (χ1n) is 6.50. The van der Waals surface area contributed by atoms with Gasteiger partial charge in [-0.2, -0.15) is 5.10 Å². The van der Waals surface area contributed by atoms with Gasteiger partial charge in [0.2, 0.25) is 0 Å². The van der Waals surface area contributed by atoms with Gasteiger partial charge in [0.1, 0.15) is 0 Å². The molecule has 3 nitrogen and oxygen atoms in total. The summed E-state index contributed by atoms with van der Waals surface area (Å²) in [5, 5.41) is 4.22.